The largest absolute Gasteiger partial charge is 0.412 e. The number of aromatic nitrogens is 1. The summed E-state index contributed by atoms with van der Waals surface area (Å²) in [7, 11) is 0. The molecule has 5 rings (SSSR count). The number of carbonyl (C=O) groups excluding carboxylic acids is 2. The maximum Gasteiger partial charge on any atom is 0.412 e. The number of benzene rings is 2. The monoisotopic (exact) mass is 484 g/mol. The Morgan fingerprint density at radius 1 is 0.972 bits per heavy atom. The third-order valence-corrected chi connectivity index (χ3v) is 7.11. The van der Waals surface area contributed by atoms with Crippen molar-refractivity contribution in [1.29, 1.82) is 0 Å². The summed E-state index contributed by atoms with van der Waals surface area (Å²) in [4.78, 5) is 31.7. The van der Waals surface area contributed by atoms with E-state index >= 15 is 0 Å². The highest BCUT2D eigenvalue weighted by Crippen LogP contribution is 2.34. The van der Waals surface area contributed by atoms with Gasteiger partial charge in [0, 0.05) is 43.5 Å². The van der Waals surface area contributed by atoms with Gasteiger partial charge in [-0.15, -0.1) is 0 Å². The minimum Gasteiger partial charge on any atom is -0.410 e. The predicted molar refractivity (Wildman–Crippen MR) is 138 cm³/mol. The van der Waals surface area contributed by atoms with Gasteiger partial charge in [0.05, 0.1) is 6.54 Å². The molecule has 3 unspecified atom stereocenters. The molecule has 1 aromatic heterocycles. The maximum absolute atomic E-state index is 13.1. The fourth-order valence-corrected chi connectivity index (χ4v) is 5.39. The number of likely N-dealkylation sites (tertiary alicyclic amines) is 1. The molecule has 0 spiro atoms. The Kier molecular flexibility index (Phi) is 7.57. The first-order valence-electron chi connectivity index (χ1n) is 12.7. The van der Waals surface area contributed by atoms with Crippen LogP contribution in [-0.2, 0) is 17.6 Å². The van der Waals surface area contributed by atoms with Gasteiger partial charge in [-0.2, -0.15) is 0 Å². The quantitative estimate of drug-likeness (QED) is 0.534. The van der Waals surface area contributed by atoms with Crippen molar-refractivity contribution in [3.05, 3.63) is 95.8 Å². The lowest BCUT2D eigenvalue weighted by atomic mass is 9.76. The molecule has 1 saturated heterocycles. The Balaban J connectivity index is 1.15. The Morgan fingerprint density at radius 2 is 1.81 bits per heavy atom. The molecule has 7 nitrogen and oxygen atoms in total. The van der Waals surface area contributed by atoms with Gasteiger partial charge >= 0.3 is 6.09 Å². The van der Waals surface area contributed by atoms with Crippen molar-refractivity contribution in [1.82, 2.24) is 20.5 Å². The minimum absolute atomic E-state index is 0.0306. The molecule has 7 heteroatoms. The Morgan fingerprint density at radius 3 is 2.64 bits per heavy atom. The Labute approximate surface area is 211 Å². The molecule has 36 heavy (non-hydrogen) atoms. The van der Waals surface area contributed by atoms with E-state index in [9.17, 15) is 9.59 Å². The van der Waals surface area contributed by atoms with Crippen LogP contribution in [0.4, 0.5) is 4.79 Å². The van der Waals surface area contributed by atoms with Gasteiger partial charge in [0.2, 0.25) is 5.91 Å². The summed E-state index contributed by atoms with van der Waals surface area (Å²) in [5, 5.41) is 6.25. The van der Waals surface area contributed by atoms with Crippen LogP contribution in [0.1, 0.15) is 35.4 Å². The highest BCUT2D eigenvalue weighted by atomic mass is 16.6. The third kappa shape index (κ3) is 6.10. The number of aryl methyl sites for hydroxylation is 1. The fraction of sp³-hybridized carbons (Fsp3) is 0.345. The summed E-state index contributed by atoms with van der Waals surface area (Å²) in [6.07, 6.45) is 6.75. The third-order valence-electron chi connectivity index (χ3n) is 7.11. The first-order chi connectivity index (χ1) is 17.6. The lowest BCUT2D eigenvalue weighted by molar-refractivity contribution is -0.123. The van der Waals surface area contributed by atoms with Gasteiger partial charge in [0.25, 0.3) is 0 Å². The molecular weight excluding hydrogens is 452 g/mol. The number of carbonyl (C=O) groups is 2. The number of nitrogens with zero attached hydrogens (tertiary/aromatic N) is 2. The van der Waals surface area contributed by atoms with Crippen molar-refractivity contribution in [3.63, 3.8) is 0 Å². The van der Waals surface area contributed by atoms with Crippen LogP contribution in [0.5, 0.6) is 5.75 Å². The molecule has 2 heterocycles. The van der Waals surface area contributed by atoms with E-state index in [0.29, 0.717) is 18.8 Å². The zero-order chi connectivity index (χ0) is 24.7. The number of pyridine rings is 1. The molecule has 0 bridgehead atoms. The summed E-state index contributed by atoms with van der Waals surface area (Å²) < 4.78 is 5.33. The zero-order valence-corrected chi connectivity index (χ0v) is 20.3. The van der Waals surface area contributed by atoms with Crippen molar-refractivity contribution in [2.24, 2.45) is 0 Å². The van der Waals surface area contributed by atoms with Crippen LogP contribution < -0.4 is 15.4 Å². The molecule has 0 saturated carbocycles. The van der Waals surface area contributed by atoms with E-state index in [4.69, 9.17) is 4.74 Å². The topological polar surface area (TPSA) is 83.6 Å². The Bertz CT molecular complexity index is 1170. The minimum atomic E-state index is -0.461. The number of hydrogen-bond acceptors (Lipinski definition) is 5. The fourth-order valence-electron chi connectivity index (χ4n) is 5.39. The lowest BCUT2D eigenvalue weighted by Crippen LogP contribution is -2.47. The van der Waals surface area contributed by atoms with E-state index in [0.717, 1.165) is 32.2 Å². The first-order valence-corrected chi connectivity index (χ1v) is 12.7. The number of rotatable bonds is 7. The molecule has 2 aliphatic rings. The van der Waals surface area contributed by atoms with E-state index in [2.05, 4.69) is 50.8 Å². The predicted octanol–water partition coefficient (Wildman–Crippen LogP) is 3.70. The van der Waals surface area contributed by atoms with Crippen LogP contribution in [0.15, 0.2) is 79.1 Å². The normalized spacial score (nSPS) is 21.4. The van der Waals surface area contributed by atoms with E-state index < -0.39 is 6.09 Å². The second-order valence-corrected chi connectivity index (χ2v) is 9.65. The van der Waals surface area contributed by atoms with Gasteiger partial charge < -0.3 is 15.4 Å². The summed E-state index contributed by atoms with van der Waals surface area (Å²) in [6.45, 7) is 1.71. The molecule has 186 valence electrons. The van der Waals surface area contributed by atoms with E-state index in [1.807, 2.05) is 30.5 Å². The van der Waals surface area contributed by atoms with Crippen LogP contribution in [0, 0.1) is 0 Å². The maximum atomic E-state index is 13.1. The van der Waals surface area contributed by atoms with Gasteiger partial charge in [-0.25, -0.2) is 4.79 Å². The molecule has 1 aliphatic heterocycles. The number of ether oxygens (including phenoxy) is 1. The standard InChI is InChI=1S/C29H32N4O3/c34-28(20-33-16-14-23(19-33)31-29(35)36-24-9-2-1-3-10-24)32-27-13-12-22-8-4-5-11-25(22)26(27)17-21-7-6-15-30-18-21/h1-11,15,18,23,26-27H,12-14,16-17,19-20H2,(H,31,35)(H,32,34). The molecule has 2 amide bonds. The second kappa shape index (κ2) is 11.4. The van der Waals surface area contributed by atoms with Crippen molar-refractivity contribution < 1.29 is 14.3 Å². The number of hydrogen-bond donors (Lipinski definition) is 2. The molecule has 3 aromatic rings. The van der Waals surface area contributed by atoms with Crippen LogP contribution in [-0.4, -0.2) is 53.6 Å². The van der Waals surface area contributed by atoms with E-state index in [-0.39, 0.29) is 23.9 Å². The van der Waals surface area contributed by atoms with Crippen LogP contribution in [0.3, 0.4) is 0 Å². The molecular formula is C29H32N4O3. The van der Waals surface area contributed by atoms with Gasteiger partial charge in [-0.3, -0.25) is 14.7 Å². The highest BCUT2D eigenvalue weighted by molar-refractivity contribution is 5.78. The average Bonchev–Trinajstić information content (AvgIpc) is 3.32. The average molecular weight is 485 g/mol. The summed E-state index contributed by atoms with van der Waals surface area (Å²) >= 11 is 0. The van der Waals surface area contributed by atoms with Gasteiger partial charge in [0.15, 0.2) is 0 Å². The van der Waals surface area contributed by atoms with E-state index in [1.165, 1.54) is 16.7 Å². The SMILES string of the molecule is O=C(CN1CCC(NC(=O)Oc2ccccc2)C1)NC1CCc2ccccc2C1Cc1cccnc1. The lowest BCUT2D eigenvalue weighted by Gasteiger charge is -2.35. The molecule has 3 atom stereocenters. The number of para-hydroxylation sites is 1. The van der Waals surface area contributed by atoms with Crippen molar-refractivity contribution >= 4 is 12.0 Å². The Hall–Kier alpha value is -3.71. The molecule has 0 radical (unpaired) electrons. The van der Waals surface area contributed by atoms with Crippen LogP contribution in [0.25, 0.3) is 0 Å². The summed E-state index contributed by atoms with van der Waals surface area (Å²) in [5.41, 5.74) is 3.86. The summed E-state index contributed by atoms with van der Waals surface area (Å²) in [5.74, 6) is 0.756. The second-order valence-electron chi connectivity index (χ2n) is 9.65. The smallest absolute Gasteiger partial charge is 0.410 e. The highest BCUT2D eigenvalue weighted by Gasteiger charge is 2.32. The number of nitrogens with one attached hydrogen (secondary N) is 2. The molecule has 1 fully saturated rings. The van der Waals surface area contributed by atoms with Crippen LogP contribution >= 0.6 is 0 Å². The van der Waals surface area contributed by atoms with Gasteiger partial charge in [-0.1, -0.05) is 48.5 Å². The van der Waals surface area contributed by atoms with Crippen LogP contribution in [0.2, 0.25) is 0 Å². The zero-order valence-electron chi connectivity index (χ0n) is 20.3. The first kappa shape index (κ1) is 24.0. The molecule has 2 N–H and O–H groups in total. The van der Waals surface area contributed by atoms with Gasteiger partial charge in [-0.05, 0) is 60.6 Å². The van der Waals surface area contributed by atoms with Crippen molar-refractivity contribution in [2.45, 2.75) is 43.7 Å². The number of fused-ring (bicyclic) bond motifs is 1. The van der Waals surface area contributed by atoms with Gasteiger partial charge in [0.1, 0.15) is 5.75 Å². The summed E-state index contributed by atoms with van der Waals surface area (Å²) in [6, 6.07) is 21.7. The van der Waals surface area contributed by atoms with E-state index in [1.54, 1.807) is 18.3 Å². The number of amides is 2. The molecule has 1 aliphatic carbocycles. The van der Waals surface area contributed by atoms with Crippen molar-refractivity contribution in [3.8, 4) is 5.75 Å². The molecule has 2 aromatic carbocycles. The van der Waals surface area contributed by atoms with Crippen molar-refractivity contribution in [2.75, 3.05) is 19.6 Å².